The zero-order valence-electron chi connectivity index (χ0n) is 23.4. The van der Waals surface area contributed by atoms with Gasteiger partial charge in [0.2, 0.25) is 5.91 Å². The van der Waals surface area contributed by atoms with Crippen LogP contribution >= 0.6 is 0 Å². The Hall–Kier alpha value is -3.48. The maximum atomic E-state index is 13.9. The maximum absolute atomic E-state index is 13.9. The highest BCUT2D eigenvalue weighted by Gasteiger charge is 2.57. The first-order chi connectivity index (χ1) is 18.7. The number of nitrogens with one attached hydrogen (secondary N) is 1. The standard InChI is InChI=1S/C32H37N5O2/c1-19(38)36-12-8-20(9-13-36)29-34-26-16-23-17-28-31(2,3)32(4,24(23)18-27(26)35-29)10-14-37(28)30(39)22-5-6-25-21(15-22)7-11-33-25/h5-6,11,15-16,18,20,28H,7-10,12-14,17H2,1-4H3,(H,34,35)/t28-,32+/m1/s1. The first-order valence-electron chi connectivity index (χ1n) is 14.4. The topological polar surface area (TPSA) is 81.7 Å². The molecule has 4 aliphatic rings. The number of aliphatic imine (C=N–C) groups is 1. The Bertz CT molecular complexity index is 1540. The molecule has 3 aromatic rings. The number of H-pyrrole nitrogens is 1. The van der Waals surface area contributed by atoms with E-state index in [1.54, 1.807) is 6.92 Å². The molecule has 4 heterocycles. The number of hydrogen-bond donors (Lipinski definition) is 1. The van der Waals surface area contributed by atoms with Gasteiger partial charge in [0.1, 0.15) is 5.82 Å². The van der Waals surface area contributed by atoms with Gasteiger partial charge in [-0.15, -0.1) is 0 Å². The molecule has 7 rings (SSSR count). The Balaban J connectivity index is 1.21. The second-order valence-electron chi connectivity index (χ2n) is 12.8. The lowest BCUT2D eigenvalue weighted by Gasteiger charge is -2.60. The molecule has 0 radical (unpaired) electrons. The number of hydrogen-bond acceptors (Lipinski definition) is 4. The number of fused-ring (bicyclic) bond motifs is 6. The first-order valence-corrected chi connectivity index (χ1v) is 14.4. The number of likely N-dealkylation sites (tertiary alicyclic amines) is 2. The number of amides is 2. The summed E-state index contributed by atoms with van der Waals surface area (Å²) in [6.07, 6.45) is 6.38. The van der Waals surface area contributed by atoms with Crippen LogP contribution in [0.25, 0.3) is 11.0 Å². The number of carbonyl (C=O) groups is 2. The van der Waals surface area contributed by atoms with Gasteiger partial charge in [0.25, 0.3) is 5.91 Å². The zero-order chi connectivity index (χ0) is 27.1. The number of benzene rings is 2. The van der Waals surface area contributed by atoms with Gasteiger partial charge in [-0.3, -0.25) is 14.6 Å². The molecule has 3 aliphatic heterocycles. The Morgan fingerprint density at radius 1 is 1.03 bits per heavy atom. The molecule has 0 unspecified atom stereocenters. The van der Waals surface area contributed by atoms with Gasteiger partial charge in [-0.05, 0) is 78.1 Å². The lowest BCUT2D eigenvalue weighted by atomic mass is 9.51. The molecule has 1 N–H and O–H groups in total. The van der Waals surface area contributed by atoms with E-state index in [0.717, 1.165) is 85.4 Å². The Morgan fingerprint density at radius 2 is 1.82 bits per heavy atom. The highest BCUT2D eigenvalue weighted by molar-refractivity contribution is 5.96. The van der Waals surface area contributed by atoms with E-state index in [2.05, 4.69) is 47.8 Å². The average Bonchev–Trinajstić information content (AvgIpc) is 3.56. The molecule has 2 amide bonds. The summed E-state index contributed by atoms with van der Waals surface area (Å²) < 4.78 is 0. The molecule has 7 nitrogen and oxygen atoms in total. The van der Waals surface area contributed by atoms with Crippen molar-refractivity contribution in [1.29, 1.82) is 0 Å². The van der Waals surface area contributed by atoms with Crippen LogP contribution in [0.4, 0.5) is 5.69 Å². The third kappa shape index (κ3) is 3.61. The lowest BCUT2D eigenvalue weighted by molar-refractivity contribution is -0.129. The monoisotopic (exact) mass is 523 g/mol. The molecule has 2 bridgehead atoms. The van der Waals surface area contributed by atoms with Gasteiger partial charge < -0.3 is 14.8 Å². The fraction of sp³-hybridized carbons (Fsp3) is 0.500. The van der Waals surface area contributed by atoms with Gasteiger partial charge in [-0.2, -0.15) is 0 Å². The summed E-state index contributed by atoms with van der Waals surface area (Å²) in [6.45, 7) is 11.1. The van der Waals surface area contributed by atoms with Crippen LogP contribution in [0.5, 0.6) is 0 Å². The van der Waals surface area contributed by atoms with Crippen LogP contribution in [0.15, 0.2) is 35.3 Å². The van der Waals surface area contributed by atoms with Crippen LogP contribution in [-0.4, -0.2) is 63.5 Å². The van der Waals surface area contributed by atoms with Crippen molar-refractivity contribution < 1.29 is 9.59 Å². The third-order valence-corrected chi connectivity index (χ3v) is 10.7. The zero-order valence-corrected chi connectivity index (χ0v) is 23.4. The van der Waals surface area contributed by atoms with Crippen molar-refractivity contribution in [3.05, 3.63) is 58.4 Å². The van der Waals surface area contributed by atoms with Crippen LogP contribution in [-0.2, 0) is 23.1 Å². The molecule has 1 aromatic heterocycles. The molecule has 202 valence electrons. The van der Waals surface area contributed by atoms with Crippen molar-refractivity contribution in [2.75, 3.05) is 19.6 Å². The number of carbonyl (C=O) groups excluding carboxylic acids is 2. The fourth-order valence-electron chi connectivity index (χ4n) is 7.76. The number of piperidine rings is 2. The Kier molecular flexibility index (Phi) is 5.36. The Morgan fingerprint density at radius 3 is 2.59 bits per heavy atom. The molecule has 7 heteroatoms. The van der Waals surface area contributed by atoms with E-state index in [1.807, 2.05) is 29.3 Å². The SMILES string of the molecule is CC(=O)N1CCC(c2nc3cc4c(cc3[nH]2)C[C@H]2N(C(=O)c3ccc5c(c3)CC=N5)CC[C@]4(C)C2(C)C)CC1. The summed E-state index contributed by atoms with van der Waals surface area (Å²) in [6, 6.07) is 10.7. The van der Waals surface area contributed by atoms with Crippen molar-refractivity contribution in [2.45, 2.75) is 77.2 Å². The van der Waals surface area contributed by atoms with E-state index in [0.29, 0.717) is 5.92 Å². The maximum Gasteiger partial charge on any atom is 0.254 e. The molecular formula is C32H37N5O2. The summed E-state index contributed by atoms with van der Waals surface area (Å²) in [7, 11) is 0. The number of aromatic nitrogens is 2. The highest BCUT2D eigenvalue weighted by Crippen LogP contribution is 2.56. The average molecular weight is 524 g/mol. The molecule has 2 aromatic carbocycles. The number of aromatic amines is 1. The number of rotatable bonds is 2. The quantitative estimate of drug-likeness (QED) is 0.495. The fourth-order valence-corrected chi connectivity index (χ4v) is 7.76. The van der Waals surface area contributed by atoms with Gasteiger partial charge in [0.05, 0.1) is 16.7 Å². The lowest BCUT2D eigenvalue weighted by Crippen LogP contribution is -2.64. The second kappa shape index (κ2) is 8.51. The summed E-state index contributed by atoms with van der Waals surface area (Å²) in [5, 5.41) is 0. The second-order valence-corrected chi connectivity index (χ2v) is 12.8. The highest BCUT2D eigenvalue weighted by atomic mass is 16.2. The summed E-state index contributed by atoms with van der Waals surface area (Å²) in [5.41, 5.74) is 7.60. The smallest absolute Gasteiger partial charge is 0.254 e. The Labute approximate surface area is 229 Å². The van der Waals surface area contributed by atoms with E-state index >= 15 is 0 Å². The largest absolute Gasteiger partial charge is 0.343 e. The van der Waals surface area contributed by atoms with Gasteiger partial charge in [0, 0.05) is 62.1 Å². The number of nitrogens with zero attached hydrogens (tertiary/aromatic N) is 4. The first kappa shape index (κ1) is 24.6. The molecule has 2 atom stereocenters. The summed E-state index contributed by atoms with van der Waals surface area (Å²) >= 11 is 0. The predicted octanol–water partition coefficient (Wildman–Crippen LogP) is 5.30. The van der Waals surface area contributed by atoms with Crippen molar-refractivity contribution in [3.63, 3.8) is 0 Å². The van der Waals surface area contributed by atoms with Crippen LogP contribution < -0.4 is 0 Å². The molecule has 1 aliphatic carbocycles. The minimum absolute atomic E-state index is 0.0477. The normalized spacial score (nSPS) is 25.6. The van der Waals surface area contributed by atoms with Gasteiger partial charge in [-0.1, -0.05) is 20.8 Å². The van der Waals surface area contributed by atoms with Crippen LogP contribution in [0.2, 0.25) is 0 Å². The molecule has 2 saturated heterocycles. The van der Waals surface area contributed by atoms with Gasteiger partial charge in [0.15, 0.2) is 0 Å². The minimum atomic E-state index is -0.0833. The molecule has 2 fully saturated rings. The minimum Gasteiger partial charge on any atom is -0.343 e. The molecule has 0 spiro atoms. The molecule has 39 heavy (non-hydrogen) atoms. The number of imidazole rings is 1. The van der Waals surface area contributed by atoms with Crippen LogP contribution in [0, 0.1) is 5.41 Å². The van der Waals surface area contributed by atoms with Crippen molar-refractivity contribution in [1.82, 2.24) is 19.8 Å². The molecular weight excluding hydrogens is 486 g/mol. The van der Waals surface area contributed by atoms with Gasteiger partial charge in [-0.25, -0.2) is 4.98 Å². The summed E-state index contributed by atoms with van der Waals surface area (Å²) in [4.78, 5) is 42.9. The van der Waals surface area contributed by atoms with E-state index in [4.69, 9.17) is 4.98 Å². The van der Waals surface area contributed by atoms with E-state index in [-0.39, 0.29) is 28.7 Å². The van der Waals surface area contributed by atoms with Crippen LogP contribution in [0.3, 0.4) is 0 Å². The van der Waals surface area contributed by atoms with Crippen molar-refractivity contribution in [2.24, 2.45) is 10.4 Å². The third-order valence-electron chi connectivity index (χ3n) is 10.7. The van der Waals surface area contributed by atoms with Gasteiger partial charge >= 0.3 is 0 Å². The predicted molar refractivity (Wildman–Crippen MR) is 153 cm³/mol. The van der Waals surface area contributed by atoms with Crippen LogP contribution in [0.1, 0.15) is 85.7 Å². The van der Waals surface area contributed by atoms with Crippen molar-refractivity contribution >= 4 is 34.7 Å². The van der Waals surface area contributed by atoms with Crippen molar-refractivity contribution in [3.8, 4) is 0 Å². The van der Waals surface area contributed by atoms with E-state index in [9.17, 15) is 9.59 Å². The van der Waals surface area contributed by atoms with E-state index in [1.165, 1.54) is 11.1 Å². The summed E-state index contributed by atoms with van der Waals surface area (Å²) in [5.74, 6) is 1.68. The molecule has 0 saturated carbocycles. The van der Waals surface area contributed by atoms with E-state index < -0.39 is 0 Å².